The smallest absolute Gasteiger partial charge is 0.413 e. The number of carbonyl (C=O) groups excluding carboxylic acids is 5. The van der Waals surface area contributed by atoms with E-state index in [1.165, 1.54) is 56.5 Å². The van der Waals surface area contributed by atoms with E-state index in [0.717, 1.165) is 6.92 Å². The number of fused-ring (bicyclic) bond motifs is 3. The number of phenols is 2. The molecule has 1 fully saturated rings. The van der Waals surface area contributed by atoms with Crippen molar-refractivity contribution < 1.29 is 87.9 Å². The minimum atomic E-state index is -2.16. The van der Waals surface area contributed by atoms with Gasteiger partial charge in [0.05, 0.1) is 42.0 Å². The minimum absolute atomic E-state index is 0.00479. The molecule has 0 unspecified atom stereocenters. The number of alkyl carbamates (subject to hydrolysis) is 1. The fraction of sp³-hybridized carbons (Fsp3) is 0.390. The van der Waals surface area contributed by atoms with Crippen LogP contribution in [0.3, 0.4) is 0 Å². The molecular formula is C41H42N2O18. The first-order valence-corrected chi connectivity index (χ1v) is 18.9. The van der Waals surface area contributed by atoms with Gasteiger partial charge in [-0.1, -0.05) is 24.3 Å². The van der Waals surface area contributed by atoms with Gasteiger partial charge in [-0.25, -0.2) is 14.4 Å². The van der Waals surface area contributed by atoms with E-state index < -0.39 is 126 Å². The van der Waals surface area contributed by atoms with E-state index in [-0.39, 0.29) is 53.2 Å². The van der Waals surface area contributed by atoms with Gasteiger partial charge in [0, 0.05) is 42.4 Å². The van der Waals surface area contributed by atoms with Crippen molar-refractivity contribution in [3.63, 3.8) is 0 Å². The Hall–Kier alpha value is -6.61. The molecule has 324 valence electrons. The lowest BCUT2D eigenvalue weighted by Gasteiger charge is -2.42. The monoisotopic (exact) mass is 850 g/mol. The van der Waals surface area contributed by atoms with Crippen LogP contribution in [0.2, 0.25) is 0 Å². The van der Waals surface area contributed by atoms with Gasteiger partial charge in [-0.3, -0.25) is 19.2 Å². The van der Waals surface area contributed by atoms with Crippen LogP contribution in [0.5, 0.6) is 23.0 Å². The zero-order valence-electron chi connectivity index (χ0n) is 32.8. The lowest BCUT2D eigenvalue weighted by atomic mass is 9.72. The minimum Gasteiger partial charge on any atom is -0.507 e. The maximum absolute atomic E-state index is 13.9. The predicted octanol–water partition coefficient (Wildman–Crippen LogP) is 2.40. The van der Waals surface area contributed by atoms with Crippen LogP contribution in [-0.4, -0.2) is 115 Å². The van der Waals surface area contributed by atoms with E-state index in [1.807, 2.05) is 0 Å². The van der Waals surface area contributed by atoms with Crippen LogP contribution in [-0.2, 0) is 41.6 Å². The molecule has 20 heteroatoms. The van der Waals surface area contributed by atoms with Crippen molar-refractivity contribution in [1.82, 2.24) is 10.6 Å². The quantitative estimate of drug-likeness (QED) is 0.0896. The standard InChI is InChI=1S/C41H42N2O18/c1-17-33(47)24(43-39(54)58-16-19-7-9-20(10-8-19)60-40(55)42-23(38(52)53)11-12-27(45)46)13-28(59-17)61-26-15-41(56,18(2)44)14-22-30(26)37(51)32-31(35(22)49)34(48)21-5-4-6-25(57-3)29(21)36(32)50/h4-10,17,23-24,26,28,33,47,49,51,56H,11-16H2,1-3H3,(H,42,55)(H,43,54)(H,45,46)(H,52,53)/t17-,23-,24-,26-,28-,33+,41-/m0/s1. The summed E-state index contributed by atoms with van der Waals surface area (Å²) in [5.41, 5.74) is -3.39. The maximum Gasteiger partial charge on any atom is 0.413 e. The number of aliphatic hydroxyl groups excluding tert-OH is 1. The Kier molecular flexibility index (Phi) is 12.6. The number of methoxy groups -OCH3 is 1. The van der Waals surface area contributed by atoms with Crippen molar-refractivity contribution in [2.75, 3.05) is 7.11 Å². The van der Waals surface area contributed by atoms with Crippen molar-refractivity contribution in [2.24, 2.45) is 0 Å². The van der Waals surface area contributed by atoms with Gasteiger partial charge in [-0.05, 0) is 44.0 Å². The van der Waals surface area contributed by atoms with Gasteiger partial charge >= 0.3 is 24.1 Å². The lowest BCUT2D eigenvalue weighted by molar-refractivity contribution is -0.249. The first-order chi connectivity index (χ1) is 28.8. The number of aliphatic carboxylic acids is 2. The van der Waals surface area contributed by atoms with Crippen LogP contribution in [0.15, 0.2) is 42.5 Å². The van der Waals surface area contributed by atoms with Crippen molar-refractivity contribution in [2.45, 2.75) is 94.8 Å². The molecule has 0 aromatic heterocycles. The first kappa shape index (κ1) is 44.0. The normalized spacial score (nSPS) is 23.3. The number of benzene rings is 3. The summed E-state index contributed by atoms with van der Waals surface area (Å²) in [6.07, 6.45) is -9.25. The fourth-order valence-corrected chi connectivity index (χ4v) is 7.57. The van der Waals surface area contributed by atoms with E-state index in [9.17, 15) is 59.1 Å². The van der Waals surface area contributed by atoms with E-state index in [0.29, 0.717) is 5.56 Å². The molecule has 61 heavy (non-hydrogen) atoms. The SMILES string of the molecule is COc1cccc2c1C(=O)c1c(O)c3c(c(O)c1C2=O)C[C@@](O)(C(C)=O)C[C@@H]3O[C@H]1C[C@H](NC(=O)OCc2ccc(OC(=O)N[C@@H](CCC(=O)O)C(=O)O)cc2)[C@H](O)[C@H](C)O1. The van der Waals surface area contributed by atoms with E-state index in [1.54, 1.807) is 0 Å². The summed E-state index contributed by atoms with van der Waals surface area (Å²) in [5.74, 6) is -6.45. The number of ether oxygens (including phenoxy) is 5. The number of aromatic hydroxyl groups is 2. The average molecular weight is 851 g/mol. The molecule has 1 saturated heterocycles. The third-order valence-electron chi connectivity index (χ3n) is 10.8. The van der Waals surface area contributed by atoms with Gasteiger partial charge in [-0.15, -0.1) is 0 Å². The zero-order valence-corrected chi connectivity index (χ0v) is 32.8. The van der Waals surface area contributed by atoms with Crippen LogP contribution in [0.1, 0.15) is 94.2 Å². The van der Waals surface area contributed by atoms with Crippen LogP contribution in [0.25, 0.3) is 0 Å². The summed E-state index contributed by atoms with van der Waals surface area (Å²) in [6.45, 7) is 2.30. The van der Waals surface area contributed by atoms with Gasteiger partial charge in [-0.2, -0.15) is 0 Å². The number of ketones is 3. The molecule has 6 rings (SSSR count). The molecule has 3 aliphatic rings. The summed E-state index contributed by atoms with van der Waals surface area (Å²) in [6, 6.07) is 7.29. The zero-order chi connectivity index (χ0) is 44.5. The van der Waals surface area contributed by atoms with Crippen molar-refractivity contribution >= 4 is 41.5 Å². The molecule has 1 heterocycles. The maximum atomic E-state index is 13.9. The summed E-state index contributed by atoms with van der Waals surface area (Å²) in [7, 11) is 1.30. The number of carbonyl (C=O) groups is 7. The second-order valence-electron chi connectivity index (χ2n) is 14.8. The van der Waals surface area contributed by atoms with Gasteiger partial charge in [0.1, 0.15) is 47.4 Å². The fourth-order valence-electron chi connectivity index (χ4n) is 7.57. The number of amides is 2. The molecule has 3 aromatic rings. The van der Waals surface area contributed by atoms with Crippen LogP contribution >= 0.6 is 0 Å². The first-order valence-electron chi connectivity index (χ1n) is 18.9. The van der Waals surface area contributed by atoms with E-state index in [4.69, 9.17) is 28.8 Å². The van der Waals surface area contributed by atoms with Crippen molar-refractivity contribution in [3.8, 4) is 23.0 Å². The Labute approximate surface area is 345 Å². The second kappa shape index (κ2) is 17.5. The number of phenolic OH excluding ortho intramolecular Hbond substituents is 2. The Morgan fingerprint density at radius 3 is 2.28 bits per heavy atom. The van der Waals surface area contributed by atoms with Gasteiger partial charge in [0.15, 0.2) is 17.9 Å². The number of nitrogens with one attached hydrogen (secondary N) is 2. The molecule has 0 spiro atoms. The highest BCUT2D eigenvalue weighted by Gasteiger charge is 2.49. The van der Waals surface area contributed by atoms with Gasteiger partial charge < -0.3 is 65.0 Å². The lowest BCUT2D eigenvalue weighted by Crippen LogP contribution is -2.55. The summed E-state index contributed by atoms with van der Waals surface area (Å²) < 4.78 is 27.8. The highest BCUT2D eigenvalue weighted by Crippen LogP contribution is 2.52. The molecular weight excluding hydrogens is 808 g/mol. The molecule has 3 aromatic carbocycles. The molecule has 0 radical (unpaired) electrons. The molecule has 2 aliphatic carbocycles. The Balaban J connectivity index is 1.14. The van der Waals surface area contributed by atoms with Gasteiger partial charge in [0.25, 0.3) is 0 Å². The number of Topliss-reactive ketones (excluding diaryl/α,β-unsaturated/α-hetero) is 1. The number of hydrogen-bond acceptors (Lipinski definition) is 16. The van der Waals surface area contributed by atoms with Crippen LogP contribution < -0.4 is 20.1 Å². The van der Waals surface area contributed by atoms with E-state index >= 15 is 0 Å². The van der Waals surface area contributed by atoms with Crippen LogP contribution in [0.4, 0.5) is 9.59 Å². The van der Waals surface area contributed by atoms with Crippen molar-refractivity contribution in [1.29, 1.82) is 0 Å². The van der Waals surface area contributed by atoms with Crippen LogP contribution in [0, 0.1) is 0 Å². The largest absolute Gasteiger partial charge is 0.507 e. The Morgan fingerprint density at radius 2 is 1.64 bits per heavy atom. The summed E-state index contributed by atoms with van der Waals surface area (Å²) in [4.78, 5) is 87.7. The number of hydrogen-bond donors (Lipinski definition) is 8. The Bertz CT molecular complexity index is 2290. The number of carboxylic acids is 2. The number of rotatable bonds is 13. The molecule has 0 bridgehead atoms. The molecule has 1 aliphatic heterocycles. The van der Waals surface area contributed by atoms with E-state index in [2.05, 4.69) is 10.6 Å². The average Bonchev–Trinajstić information content (AvgIpc) is 3.20. The predicted molar refractivity (Wildman–Crippen MR) is 203 cm³/mol. The second-order valence-corrected chi connectivity index (χ2v) is 14.8. The summed E-state index contributed by atoms with van der Waals surface area (Å²) in [5, 5.41) is 68.4. The molecule has 2 amide bonds. The highest BCUT2D eigenvalue weighted by molar-refractivity contribution is 6.31. The number of carboxylic acid groups (broad SMARTS) is 2. The Morgan fingerprint density at radius 1 is 0.951 bits per heavy atom. The molecule has 20 nitrogen and oxygen atoms in total. The highest BCUT2D eigenvalue weighted by atomic mass is 16.7. The molecule has 8 N–H and O–H groups in total. The molecule has 7 atom stereocenters. The third-order valence-corrected chi connectivity index (χ3v) is 10.8. The summed E-state index contributed by atoms with van der Waals surface area (Å²) >= 11 is 0. The number of aliphatic hydroxyl groups is 2. The third kappa shape index (κ3) is 8.97. The van der Waals surface area contributed by atoms with Gasteiger partial charge in [0.2, 0.25) is 5.78 Å². The molecule has 0 saturated carbocycles. The topological polar surface area (TPSA) is 311 Å². The van der Waals surface area contributed by atoms with Crippen molar-refractivity contribution in [3.05, 3.63) is 81.4 Å².